The standard InChI is InChI=1S/C18H21BrN2O/c1-12-8-10-15(11-9-12)21-18(22)14(3)20-13(2)16-6-4-5-7-17(16)19/h4-11,13-14,20H,1-3H3,(H,21,22)/p+1/t13-,14-/m1/s1. The smallest absolute Gasteiger partial charge is 0.282 e. The van der Waals surface area contributed by atoms with Crippen LogP contribution in [-0.4, -0.2) is 11.9 Å². The molecule has 2 aromatic carbocycles. The van der Waals surface area contributed by atoms with Crippen LogP contribution in [0.4, 0.5) is 5.69 Å². The summed E-state index contributed by atoms with van der Waals surface area (Å²) in [5.41, 5.74) is 3.21. The number of hydrogen-bond acceptors (Lipinski definition) is 1. The van der Waals surface area contributed by atoms with Crippen LogP contribution >= 0.6 is 15.9 Å². The predicted octanol–water partition coefficient (Wildman–Crippen LogP) is 3.41. The largest absolute Gasteiger partial charge is 0.330 e. The lowest BCUT2D eigenvalue weighted by molar-refractivity contribution is -0.709. The summed E-state index contributed by atoms with van der Waals surface area (Å²) in [6, 6.07) is 16.0. The van der Waals surface area contributed by atoms with E-state index in [9.17, 15) is 4.79 Å². The molecule has 2 aromatic rings. The molecular formula is C18H22BrN2O+. The SMILES string of the molecule is Cc1ccc(NC(=O)[C@@H](C)[NH2+][C@H](C)c2ccccc2Br)cc1. The molecule has 0 aliphatic carbocycles. The maximum absolute atomic E-state index is 12.3. The number of rotatable bonds is 5. The molecule has 4 heteroatoms. The molecule has 3 nitrogen and oxygen atoms in total. The Kier molecular flexibility index (Phi) is 5.75. The number of carbonyl (C=O) groups excluding carboxylic acids is 1. The minimum atomic E-state index is -0.164. The van der Waals surface area contributed by atoms with Crippen molar-refractivity contribution in [3.63, 3.8) is 0 Å². The summed E-state index contributed by atoms with van der Waals surface area (Å²) in [6.07, 6.45) is 0. The van der Waals surface area contributed by atoms with Gasteiger partial charge in [-0.15, -0.1) is 0 Å². The van der Waals surface area contributed by atoms with Gasteiger partial charge in [0.1, 0.15) is 6.04 Å². The Morgan fingerprint density at radius 1 is 1.09 bits per heavy atom. The summed E-state index contributed by atoms with van der Waals surface area (Å²) in [4.78, 5) is 12.3. The molecular weight excluding hydrogens is 340 g/mol. The van der Waals surface area contributed by atoms with E-state index < -0.39 is 0 Å². The first-order chi connectivity index (χ1) is 10.5. The maximum atomic E-state index is 12.3. The highest BCUT2D eigenvalue weighted by Gasteiger charge is 2.21. The first-order valence-corrected chi connectivity index (χ1v) is 8.23. The fourth-order valence-electron chi connectivity index (χ4n) is 2.36. The van der Waals surface area contributed by atoms with E-state index in [2.05, 4.69) is 39.6 Å². The van der Waals surface area contributed by atoms with Gasteiger partial charge in [0, 0.05) is 15.7 Å². The van der Waals surface area contributed by atoms with E-state index in [1.807, 2.05) is 56.3 Å². The molecule has 0 aromatic heterocycles. The summed E-state index contributed by atoms with van der Waals surface area (Å²) in [7, 11) is 0. The van der Waals surface area contributed by atoms with Crippen molar-refractivity contribution in [2.75, 3.05) is 5.32 Å². The Morgan fingerprint density at radius 2 is 1.73 bits per heavy atom. The van der Waals surface area contributed by atoms with Gasteiger partial charge in [-0.2, -0.15) is 0 Å². The molecule has 2 atom stereocenters. The summed E-state index contributed by atoms with van der Waals surface area (Å²) in [6.45, 7) is 6.06. The van der Waals surface area contributed by atoms with Gasteiger partial charge < -0.3 is 10.6 Å². The third-order valence-electron chi connectivity index (χ3n) is 3.71. The Balaban J connectivity index is 1.96. The molecule has 0 saturated heterocycles. The third kappa shape index (κ3) is 4.42. The molecule has 0 aliphatic rings. The number of quaternary nitrogens is 1. The van der Waals surface area contributed by atoms with Gasteiger partial charge in [-0.3, -0.25) is 4.79 Å². The quantitative estimate of drug-likeness (QED) is 0.841. The fraction of sp³-hybridized carbons (Fsp3) is 0.278. The lowest BCUT2D eigenvalue weighted by Gasteiger charge is -2.18. The van der Waals surface area contributed by atoms with Crippen LogP contribution in [0.1, 0.15) is 31.0 Å². The van der Waals surface area contributed by atoms with E-state index in [4.69, 9.17) is 0 Å². The zero-order valence-electron chi connectivity index (χ0n) is 13.1. The van der Waals surface area contributed by atoms with E-state index in [1.54, 1.807) is 0 Å². The molecule has 3 N–H and O–H groups in total. The van der Waals surface area contributed by atoms with Gasteiger partial charge in [0.15, 0.2) is 6.04 Å². The third-order valence-corrected chi connectivity index (χ3v) is 4.43. The van der Waals surface area contributed by atoms with Crippen molar-refractivity contribution in [3.05, 3.63) is 64.1 Å². The Hall–Kier alpha value is -1.65. The molecule has 0 fully saturated rings. The summed E-state index contributed by atoms with van der Waals surface area (Å²) in [5, 5.41) is 5.03. The normalized spacial score (nSPS) is 13.5. The van der Waals surface area contributed by atoms with E-state index >= 15 is 0 Å². The molecule has 0 aliphatic heterocycles. The zero-order chi connectivity index (χ0) is 16.1. The Morgan fingerprint density at radius 3 is 2.36 bits per heavy atom. The number of amides is 1. The van der Waals surface area contributed by atoms with Crippen molar-refractivity contribution >= 4 is 27.5 Å². The summed E-state index contributed by atoms with van der Waals surface area (Å²) in [5.74, 6) is 0.0164. The Labute approximate surface area is 140 Å². The molecule has 0 spiro atoms. The van der Waals surface area contributed by atoms with Crippen LogP contribution in [0.5, 0.6) is 0 Å². The lowest BCUT2D eigenvalue weighted by Crippen LogP contribution is -2.91. The summed E-state index contributed by atoms with van der Waals surface area (Å²) < 4.78 is 1.07. The van der Waals surface area contributed by atoms with Gasteiger partial charge in [-0.25, -0.2) is 0 Å². The van der Waals surface area contributed by atoms with Crippen LogP contribution in [0.25, 0.3) is 0 Å². The molecule has 116 valence electrons. The van der Waals surface area contributed by atoms with Crippen molar-refractivity contribution in [2.24, 2.45) is 0 Å². The number of nitrogens with two attached hydrogens (primary N) is 1. The van der Waals surface area contributed by atoms with Crippen molar-refractivity contribution in [1.29, 1.82) is 0 Å². The van der Waals surface area contributed by atoms with E-state index in [-0.39, 0.29) is 18.0 Å². The van der Waals surface area contributed by atoms with Crippen LogP contribution in [-0.2, 0) is 4.79 Å². The van der Waals surface area contributed by atoms with Gasteiger partial charge >= 0.3 is 0 Å². The highest BCUT2D eigenvalue weighted by Crippen LogP contribution is 2.20. The minimum absolute atomic E-state index is 0.0164. The second-order valence-electron chi connectivity index (χ2n) is 5.65. The zero-order valence-corrected chi connectivity index (χ0v) is 14.7. The second-order valence-corrected chi connectivity index (χ2v) is 6.50. The van der Waals surface area contributed by atoms with Gasteiger partial charge in [0.2, 0.25) is 0 Å². The molecule has 22 heavy (non-hydrogen) atoms. The van der Waals surface area contributed by atoms with Crippen molar-refractivity contribution in [2.45, 2.75) is 32.9 Å². The number of halogens is 1. The fourth-order valence-corrected chi connectivity index (χ4v) is 3.01. The average Bonchev–Trinajstić information content (AvgIpc) is 2.49. The monoisotopic (exact) mass is 361 g/mol. The maximum Gasteiger partial charge on any atom is 0.282 e. The van der Waals surface area contributed by atoms with Crippen LogP contribution in [0.2, 0.25) is 0 Å². The van der Waals surface area contributed by atoms with Crippen molar-refractivity contribution in [3.8, 4) is 0 Å². The highest BCUT2D eigenvalue weighted by atomic mass is 79.9. The highest BCUT2D eigenvalue weighted by molar-refractivity contribution is 9.10. The molecule has 0 saturated carbocycles. The molecule has 0 radical (unpaired) electrons. The molecule has 0 unspecified atom stereocenters. The van der Waals surface area contributed by atoms with Gasteiger partial charge in [-0.1, -0.05) is 51.8 Å². The Bertz CT molecular complexity index is 640. The molecule has 0 bridgehead atoms. The lowest BCUT2D eigenvalue weighted by atomic mass is 10.1. The van der Waals surface area contributed by atoms with Crippen molar-refractivity contribution in [1.82, 2.24) is 0 Å². The van der Waals surface area contributed by atoms with Crippen LogP contribution in [0.15, 0.2) is 53.0 Å². The number of carbonyl (C=O) groups is 1. The van der Waals surface area contributed by atoms with Gasteiger partial charge in [0.25, 0.3) is 5.91 Å². The topological polar surface area (TPSA) is 45.7 Å². The summed E-state index contributed by atoms with van der Waals surface area (Å²) >= 11 is 3.56. The molecule has 0 heterocycles. The predicted molar refractivity (Wildman–Crippen MR) is 93.8 cm³/mol. The first kappa shape index (κ1) is 16.7. The van der Waals surface area contributed by atoms with Gasteiger partial charge in [-0.05, 0) is 39.0 Å². The number of aryl methyl sites for hydroxylation is 1. The number of benzene rings is 2. The second kappa shape index (κ2) is 7.56. The first-order valence-electron chi connectivity index (χ1n) is 7.44. The van der Waals surface area contributed by atoms with Crippen LogP contribution < -0.4 is 10.6 Å². The number of nitrogens with one attached hydrogen (secondary N) is 1. The number of hydrogen-bond donors (Lipinski definition) is 2. The molecule has 1 amide bonds. The van der Waals surface area contributed by atoms with Crippen molar-refractivity contribution < 1.29 is 10.1 Å². The minimum Gasteiger partial charge on any atom is -0.330 e. The molecule has 2 rings (SSSR count). The van der Waals surface area contributed by atoms with Crippen LogP contribution in [0.3, 0.4) is 0 Å². The van der Waals surface area contributed by atoms with E-state index in [0.717, 1.165) is 10.2 Å². The van der Waals surface area contributed by atoms with E-state index in [1.165, 1.54) is 11.1 Å². The van der Waals surface area contributed by atoms with Gasteiger partial charge in [0.05, 0.1) is 0 Å². The average molecular weight is 362 g/mol. The number of anilines is 1. The van der Waals surface area contributed by atoms with Crippen LogP contribution in [0, 0.1) is 6.92 Å². The van der Waals surface area contributed by atoms with E-state index in [0.29, 0.717) is 0 Å².